The number of benzene rings is 1. The van der Waals surface area contributed by atoms with Crippen LogP contribution in [0.4, 0.5) is 24.8 Å². The average Bonchev–Trinajstić information content (AvgIpc) is 3.09. The molecule has 1 amide bonds. The summed E-state index contributed by atoms with van der Waals surface area (Å²) in [5.74, 6) is -1.77. The Hall–Kier alpha value is -3.20. The van der Waals surface area contributed by atoms with Crippen molar-refractivity contribution in [3.8, 4) is 0 Å². The molecule has 15 heteroatoms. The molecule has 0 aliphatic heterocycles. The van der Waals surface area contributed by atoms with Crippen LogP contribution in [0.5, 0.6) is 0 Å². The Bertz CT molecular complexity index is 1200. The monoisotopic (exact) mass is 487 g/mol. The number of amides is 1. The van der Waals surface area contributed by atoms with Crippen molar-refractivity contribution in [1.82, 2.24) is 24.7 Å². The molecule has 3 rings (SSSR count). The molecule has 1 aromatic carbocycles. The fourth-order valence-corrected chi connectivity index (χ4v) is 4.14. The first-order chi connectivity index (χ1) is 15.0. The van der Waals surface area contributed by atoms with E-state index in [1.165, 1.54) is 49.6 Å². The Morgan fingerprint density at radius 2 is 1.75 bits per heavy atom. The lowest BCUT2D eigenvalue weighted by atomic mass is 10.3. The van der Waals surface area contributed by atoms with E-state index in [9.17, 15) is 26.4 Å². The van der Waals surface area contributed by atoms with E-state index in [0.717, 1.165) is 23.4 Å². The highest BCUT2D eigenvalue weighted by Gasteiger charge is 2.38. The fourth-order valence-electron chi connectivity index (χ4n) is 2.37. The number of thioether (sulfide) groups is 1. The van der Waals surface area contributed by atoms with Crippen LogP contribution in [0.3, 0.4) is 0 Å². The Kier molecular flexibility index (Phi) is 6.68. The highest BCUT2D eigenvalue weighted by Crippen LogP contribution is 2.31. The van der Waals surface area contributed by atoms with E-state index < -0.39 is 33.2 Å². The fraction of sp³-hybridized carbons (Fsp3) is 0.235. The van der Waals surface area contributed by atoms with Crippen LogP contribution in [0.25, 0.3) is 0 Å². The number of hydrogen-bond donors (Lipinski definition) is 2. The minimum Gasteiger partial charge on any atom is -0.325 e. The minimum atomic E-state index is -4.66. The number of aromatic nitrogens is 5. The van der Waals surface area contributed by atoms with Crippen LogP contribution in [-0.4, -0.2) is 44.3 Å². The van der Waals surface area contributed by atoms with Crippen LogP contribution in [0, 0.1) is 0 Å². The number of nitrogens with one attached hydrogen (secondary N) is 2. The molecule has 10 nitrogen and oxygen atoms in total. The topological polar surface area (TPSA) is 132 Å². The third kappa shape index (κ3) is 5.53. The number of anilines is 2. The Morgan fingerprint density at radius 3 is 2.31 bits per heavy atom. The summed E-state index contributed by atoms with van der Waals surface area (Å²) >= 11 is 0.801. The van der Waals surface area contributed by atoms with Gasteiger partial charge in [0.1, 0.15) is 0 Å². The Balaban J connectivity index is 1.64. The molecule has 1 unspecified atom stereocenters. The van der Waals surface area contributed by atoms with Crippen molar-refractivity contribution >= 4 is 39.3 Å². The first-order valence-electron chi connectivity index (χ1n) is 8.81. The van der Waals surface area contributed by atoms with E-state index in [2.05, 4.69) is 30.2 Å². The van der Waals surface area contributed by atoms with Crippen LogP contribution in [0.1, 0.15) is 12.7 Å². The lowest BCUT2D eigenvalue weighted by Gasteiger charge is -2.12. The van der Waals surface area contributed by atoms with E-state index in [4.69, 9.17) is 0 Å². The first kappa shape index (κ1) is 23.5. The number of alkyl halides is 3. The largest absolute Gasteiger partial charge is 0.451 e. The summed E-state index contributed by atoms with van der Waals surface area (Å²) in [4.78, 5) is 19.9. The predicted molar refractivity (Wildman–Crippen MR) is 109 cm³/mol. The van der Waals surface area contributed by atoms with E-state index in [1.807, 2.05) is 0 Å². The van der Waals surface area contributed by atoms with Gasteiger partial charge in [-0.1, -0.05) is 11.8 Å². The molecular weight excluding hydrogens is 471 g/mol. The molecule has 0 saturated carbocycles. The number of carbonyl (C=O) groups excluding carboxylic acids is 1. The van der Waals surface area contributed by atoms with Gasteiger partial charge in [-0.3, -0.25) is 4.79 Å². The molecule has 32 heavy (non-hydrogen) atoms. The van der Waals surface area contributed by atoms with Crippen molar-refractivity contribution in [3.05, 3.63) is 48.5 Å². The van der Waals surface area contributed by atoms with Gasteiger partial charge in [0.25, 0.3) is 10.0 Å². The second kappa shape index (κ2) is 9.12. The summed E-state index contributed by atoms with van der Waals surface area (Å²) in [5, 5.41) is 8.27. The molecule has 0 aliphatic carbocycles. The number of carbonyl (C=O) groups is 1. The highest BCUT2D eigenvalue weighted by molar-refractivity contribution is 8.00. The van der Waals surface area contributed by atoms with E-state index in [-0.39, 0.29) is 16.0 Å². The van der Waals surface area contributed by atoms with Gasteiger partial charge >= 0.3 is 6.18 Å². The third-order valence-corrected chi connectivity index (χ3v) is 6.44. The Morgan fingerprint density at radius 1 is 1.12 bits per heavy atom. The zero-order chi connectivity index (χ0) is 23.5. The maximum Gasteiger partial charge on any atom is 0.451 e. The summed E-state index contributed by atoms with van der Waals surface area (Å²) in [6, 6.07) is 6.83. The second-order valence-corrected chi connectivity index (χ2v) is 9.30. The number of rotatable bonds is 7. The predicted octanol–water partition coefficient (Wildman–Crippen LogP) is 2.54. The summed E-state index contributed by atoms with van der Waals surface area (Å²) in [6.07, 6.45) is -1.89. The first-order valence-corrected chi connectivity index (χ1v) is 11.2. The highest BCUT2D eigenvalue weighted by atomic mass is 32.2. The van der Waals surface area contributed by atoms with Gasteiger partial charge in [-0.25, -0.2) is 23.1 Å². The van der Waals surface area contributed by atoms with Crippen LogP contribution in [0.15, 0.2) is 52.8 Å². The summed E-state index contributed by atoms with van der Waals surface area (Å²) in [7, 11) is -2.78. The normalized spacial score (nSPS) is 12.9. The van der Waals surface area contributed by atoms with Crippen molar-refractivity contribution in [3.63, 3.8) is 0 Å². The molecule has 2 N–H and O–H groups in total. The van der Waals surface area contributed by atoms with Crippen LogP contribution < -0.4 is 10.0 Å². The zero-order valence-electron chi connectivity index (χ0n) is 16.5. The van der Waals surface area contributed by atoms with E-state index in [1.54, 1.807) is 0 Å². The van der Waals surface area contributed by atoms with Gasteiger partial charge in [0, 0.05) is 25.1 Å². The van der Waals surface area contributed by atoms with E-state index in [0.29, 0.717) is 5.69 Å². The quantitative estimate of drug-likeness (QED) is 0.486. The zero-order valence-corrected chi connectivity index (χ0v) is 18.2. The van der Waals surface area contributed by atoms with Gasteiger partial charge in [-0.15, -0.1) is 10.2 Å². The summed E-state index contributed by atoms with van der Waals surface area (Å²) < 4.78 is 66.2. The smallest absolute Gasteiger partial charge is 0.325 e. The standard InChI is InChI=1S/C17H16F3N7O3S2/c1-10(31-16-25-24-14(27(16)2)17(18,19)20)13(28)23-11-4-6-12(7-5-11)32(29,30)26-15-21-8-3-9-22-15/h3-10H,1-2H3,(H,23,28)(H,21,22,26). The lowest BCUT2D eigenvalue weighted by molar-refractivity contribution is -0.147. The molecule has 170 valence electrons. The number of nitrogens with zero attached hydrogens (tertiary/aromatic N) is 5. The molecule has 0 radical (unpaired) electrons. The second-order valence-electron chi connectivity index (χ2n) is 6.31. The van der Waals surface area contributed by atoms with Crippen LogP contribution in [0.2, 0.25) is 0 Å². The van der Waals surface area contributed by atoms with Crippen molar-refractivity contribution in [2.24, 2.45) is 7.05 Å². The molecule has 0 spiro atoms. The van der Waals surface area contributed by atoms with Crippen molar-refractivity contribution < 1.29 is 26.4 Å². The molecule has 2 aromatic heterocycles. The molecule has 0 bridgehead atoms. The number of sulfonamides is 1. The van der Waals surface area contributed by atoms with Gasteiger partial charge < -0.3 is 9.88 Å². The Labute approximate surface area is 184 Å². The maximum absolute atomic E-state index is 12.8. The maximum atomic E-state index is 12.8. The average molecular weight is 487 g/mol. The van der Waals surface area contributed by atoms with Crippen LogP contribution in [-0.2, 0) is 28.0 Å². The number of hydrogen-bond acceptors (Lipinski definition) is 8. The third-order valence-electron chi connectivity index (χ3n) is 3.96. The number of halogens is 3. The molecular formula is C17H16F3N7O3S2. The summed E-state index contributed by atoms with van der Waals surface area (Å²) in [5.41, 5.74) is 0.298. The van der Waals surface area contributed by atoms with Gasteiger partial charge in [0.15, 0.2) is 5.16 Å². The van der Waals surface area contributed by atoms with Gasteiger partial charge in [0.2, 0.25) is 17.7 Å². The molecule has 0 saturated heterocycles. The molecule has 2 heterocycles. The van der Waals surface area contributed by atoms with Gasteiger partial charge in [-0.2, -0.15) is 13.2 Å². The molecule has 1 atom stereocenters. The minimum absolute atomic E-state index is 0.0735. The molecule has 3 aromatic rings. The van der Waals surface area contributed by atoms with Gasteiger partial charge in [-0.05, 0) is 37.3 Å². The molecule has 0 fully saturated rings. The lowest BCUT2D eigenvalue weighted by Crippen LogP contribution is -2.23. The van der Waals surface area contributed by atoms with Crippen molar-refractivity contribution in [2.45, 2.75) is 28.4 Å². The SMILES string of the molecule is CC(Sc1nnc(C(F)(F)F)n1C)C(=O)Nc1ccc(S(=O)(=O)Nc2ncccn2)cc1. The summed E-state index contributed by atoms with van der Waals surface area (Å²) in [6.45, 7) is 1.49. The molecule has 0 aliphatic rings. The van der Waals surface area contributed by atoms with E-state index >= 15 is 0 Å². The van der Waals surface area contributed by atoms with Gasteiger partial charge in [0.05, 0.1) is 10.1 Å². The van der Waals surface area contributed by atoms with Crippen LogP contribution >= 0.6 is 11.8 Å². The van der Waals surface area contributed by atoms with Crippen molar-refractivity contribution in [1.29, 1.82) is 0 Å². The van der Waals surface area contributed by atoms with Crippen molar-refractivity contribution in [2.75, 3.05) is 10.0 Å².